The zero-order valence-electron chi connectivity index (χ0n) is 18.6. The Morgan fingerprint density at radius 3 is 1.62 bits per heavy atom. The van der Waals surface area contributed by atoms with Gasteiger partial charge < -0.3 is 9.64 Å². The number of carbonyl (C=O) groups excluding carboxylic acids is 1. The Balaban J connectivity index is 3.35. The average molecular weight is 370 g/mol. The average Bonchev–Trinajstić information content (AvgIpc) is 2.56. The summed E-state index contributed by atoms with van der Waals surface area (Å²) in [4.78, 5) is 14.0. The minimum Gasteiger partial charge on any atom is -0.465 e. The lowest BCUT2D eigenvalue weighted by atomic mass is 9.94. The first-order valence-corrected chi connectivity index (χ1v) is 11.2. The molecule has 0 radical (unpaired) electrons. The summed E-state index contributed by atoms with van der Waals surface area (Å²) in [5.74, 6) is -0.0279. The van der Waals surface area contributed by atoms with E-state index >= 15 is 0 Å². The highest BCUT2D eigenvalue weighted by atomic mass is 16.5. The van der Waals surface area contributed by atoms with Gasteiger partial charge in [0.2, 0.25) is 0 Å². The molecular formula is C23H47NO2. The fourth-order valence-corrected chi connectivity index (χ4v) is 3.54. The van der Waals surface area contributed by atoms with E-state index in [2.05, 4.69) is 39.8 Å². The number of hydrogen-bond donors (Lipinski definition) is 0. The van der Waals surface area contributed by atoms with Crippen LogP contribution in [-0.2, 0) is 9.53 Å². The van der Waals surface area contributed by atoms with Crippen LogP contribution in [0.4, 0.5) is 0 Å². The molecule has 0 aliphatic heterocycles. The van der Waals surface area contributed by atoms with E-state index in [0.717, 1.165) is 19.4 Å². The molecule has 0 saturated carbocycles. The summed E-state index contributed by atoms with van der Waals surface area (Å²) in [5.41, 5.74) is 0.0230. The molecule has 0 spiro atoms. The van der Waals surface area contributed by atoms with Crippen LogP contribution in [0.5, 0.6) is 0 Å². The second-order valence-corrected chi connectivity index (χ2v) is 9.06. The highest BCUT2D eigenvalue weighted by Gasteiger charge is 2.21. The number of esters is 1. The summed E-state index contributed by atoms with van der Waals surface area (Å²) in [7, 11) is 4.11. The molecule has 0 saturated heterocycles. The summed E-state index contributed by atoms with van der Waals surface area (Å²) in [6.07, 6.45) is 17.9. The smallest absolute Gasteiger partial charge is 0.305 e. The molecule has 0 fully saturated rings. The van der Waals surface area contributed by atoms with E-state index in [1.165, 1.54) is 70.6 Å². The van der Waals surface area contributed by atoms with Crippen molar-refractivity contribution in [2.45, 2.75) is 111 Å². The molecule has 26 heavy (non-hydrogen) atoms. The fraction of sp³-hybridized carbons (Fsp3) is 0.957. The van der Waals surface area contributed by atoms with Gasteiger partial charge in [0.05, 0.1) is 6.61 Å². The van der Waals surface area contributed by atoms with Gasteiger partial charge in [-0.2, -0.15) is 0 Å². The summed E-state index contributed by atoms with van der Waals surface area (Å²) in [6.45, 7) is 8.01. The quantitative estimate of drug-likeness (QED) is 0.201. The zero-order chi connectivity index (χ0) is 19.7. The van der Waals surface area contributed by atoms with Crippen LogP contribution in [0.1, 0.15) is 111 Å². The Labute approximate surface area is 164 Å². The molecule has 0 aromatic rings. The molecule has 0 aliphatic carbocycles. The van der Waals surface area contributed by atoms with Gasteiger partial charge in [-0.25, -0.2) is 0 Å². The molecule has 0 amide bonds. The standard InChI is InChI=1S/C23H47NO2/c1-6-7-8-9-10-11-12-13-14-15-16-17-18-19-22(25)26-21-23(2,3)20-24(4)5/h6-21H2,1-5H3. The zero-order valence-corrected chi connectivity index (χ0v) is 18.6. The first kappa shape index (κ1) is 25.4. The number of nitrogens with zero attached hydrogens (tertiary/aromatic N) is 1. The summed E-state index contributed by atoms with van der Waals surface area (Å²) in [5, 5.41) is 0. The predicted molar refractivity (Wildman–Crippen MR) is 114 cm³/mol. The second-order valence-electron chi connectivity index (χ2n) is 9.06. The molecule has 0 heterocycles. The van der Waals surface area contributed by atoms with E-state index in [0.29, 0.717) is 13.0 Å². The lowest BCUT2D eigenvalue weighted by molar-refractivity contribution is -0.147. The van der Waals surface area contributed by atoms with Crippen molar-refractivity contribution in [2.75, 3.05) is 27.2 Å². The number of unbranched alkanes of at least 4 members (excludes halogenated alkanes) is 12. The van der Waals surface area contributed by atoms with Crippen molar-refractivity contribution in [2.24, 2.45) is 5.41 Å². The van der Waals surface area contributed by atoms with Crippen molar-refractivity contribution in [1.29, 1.82) is 0 Å². The Bertz CT molecular complexity index is 326. The molecule has 0 aromatic heterocycles. The lowest BCUT2D eigenvalue weighted by Gasteiger charge is -2.27. The normalized spacial score (nSPS) is 11.9. The maximum Gasteiger partial charge on any atom is 0.305 e. The predicted octanol–water partition coefficient (Wildman–Crippen LogP) is 6.60. The molecule has 0 atom stereocenters. The SMILES string of the molecule is CCCCCCCCCCCCCCCC(=O)OCC(C)(C)CN(C)C. The van der Waals surface area contributed by atoms with Crippen molar-refractivity contribution in [3.63, 3.8) is 0 Å². The first-order valence-electron chi connectivity index (χ1n) is 11.2. The van der Waals surface area contributed by atoms with Crippen LogP contribution in [-0.4, -0.2) is 38.1 Å². The van der Waals surface area contributed by atoms with Gasteiger partial charge in [0.25, 0.3) is 0 Å². The summed E-state index contributed by atoms with van der Waals surface area (Å²) in [6, 6.07) is 0. The van der Waals surface area contributed by atoms with Gasteiger partial charge in [0.15, 0.2) is 0 Å². The lowest BCUT2D eigenvalue weighted by Crippen LogP contribution is -2.33. The van der Waals surface area contributed by atoms with Crippen molar-refractivity contribution in [1.82, 2.24) is 4.90 Å². The molecule has 0 N–H and O–H groups in total. The number of rotatable bonds is 18. The highest BCUT2D eigenvalue weighted by Crippen LogP contribution is 2.17. The fourth-order valence-electron chi connectivity index (χ4n) is 3.54. The van der Waals surface area contributed by atoms with Gasteiger partial charge in [-0.1, -0.05) is 97.8 Å². The van der Waals surface area contributed by atoms with E-state index in [4.69, 9.17) is 4.74 Å². The van der Waals surface area contributed by atoms with Gasteiger partial charge in [0.1, 0.15) is 0 Å². The Morgan fingerprint density at radius 2 is 1.19 bits per heavy atom. The number of carbonyl (C=O) groups is 1. The van der Waals surface area contributed by atoms with Crippen molar-refractivity contribution in [3.8, 4) is 0 Å². The molecule has 3 heteroatoms. The third kappa shape index (κ3) is 18.2. The Kier molecular flexibility index (Phi) is 16.2. The van der Waals surface area contributed by atoms with Crippen LogP contribution in [0, 0.1) is 5.41 Å². The van der Waals surface area contributed by atoms with E-state index in [9.17, 15) is 4.79 Å². The van der Waals surface area contributed by atoms with E-state index in [1.807, 2.05) is 0 Å². The number of hydrogen-bond acceptors (Lipinski definition) is 3. The van der Waals surface area contributed by atoms with Crippen LogP contribution >= 0.6 is 0 Å². The highest BCUT2D eigenvalue weighted by molar-refractivity contribution is 5.69. The summed E-state index contributed by atoms with van der Waals surface area (Å²) >= 11 is 0. The van der Waals surface area contributed by atoms with Crippen LogP contribution < -0.4 is 0 Å². The van der Waals surface area contributed by atoms with Crippen molar-refractivity contribution < 1.29 is 9.53 Å². The van der Waals surface area contributed by atoms with Crippen LogP contribution in [0.25, 0.3) is 0 Å². The minimum atomic E-state index is -0.0279. The van der Waals surface area contributed by atoms with Gasteiger partial charge >= 0.3 is 5.97 Å². The molecule has 0 bridgehead atoms. The Morgan fingerprint density at radius 1 is 0.769 bits per heavy atom. The molecule has 156 valence electrons. The maximum atomic E-state index is 11.8. The van der Waals surface area contributed by atoms with Crippen LogP contribution in [0.3, 0.4) is 0 Å². The molecule has 0 rings (SSSR count). The third-order valence-electron chi connectivity index (χ3n) is 4.85. The van der Waals surface area contributed by atoms with E-state index in [1.54, 1.807) is 0 Å². The molecule has 0 aromatic carbocycles. The van der Waals surface area contributed by atoms with E-state index in [-0.39, 0.29) is 11.4 Å². The molecule has 0 unspecified atom stereocenters. The minimum absolute atomic E-state index is 0.0230. The Hall–Kier alpha value is -0.570. The first-order chi connectivity index (χ1) is 12.4. The molecule has 0 aliphatic rings. The van der Waals surface area contributed by atoms with E-state index < -0.39 is 0 Å². The van der Waals surface area contributed by atoms with Gasteiger partial charge in [-0.05, 0) is 20.5 Å². The third-order valence-corrected chi connectivity index (χ3v) is 4.85. The number of ether oxygens (including phenoxy) is 1. The molecular weight excluding hydrogens is 322 g/mol. The second kappa shape index (κ2) is 16.6. The largest absolute Gasteiger partial charge is 0.465 e. The molecule has 3 nitrogen and oxygen atoms in total. The maximum absolute atomic E-state index is 11.8. The van der Waals surface area contributed by atoms with Crippen LogP contribution in [0.15, 0.2) is 0 Å². The monoisotopic (exact) mass is 369 g/mol. The topological polar surface area (TPSA) is 29.5 Å². The van der Waals surface area contributed by atoms with Crippen molar-refractivity contribution in [3.05, 3.63) is 0 Å². The van der Waals surface area contributed by atoms with Gasteiger partial charge in [0, 0.05) is 18.4 Å². The van der Waals surface area contributed by atoms with Gasteiger partial charge in [-0.3, -0.25) is 4.79 Å². The summed E-state index contributed by atoms with van der Waals surface area (Å²) < 4.78 is 5.45. The van der Waals surface area contributed by atoms with Crippen LogP contribution in [0.2, 0.25) is 0 Å². The van der Waals surface area contributed by atoms with Crippen molar-refractivity contribution >= 4 is 5.97 Å². The van der Waals surface area contributed by atoms with Gasteiger partial charge in [-0.15, -0.1) is 0 Å².